The number of carbonyl (C=O) groups is 1. The van der Waals surface area contributed by atoms with Crippen molar-refractivity contribution in [3.05, 3.63) is 39.4 Å². The molecule has 0 saturated heterocycles. The molecule has 0 fully saturated rings. The molecule has 6 heteroatoms. The summed E-state index contributed by atoms with van der Waals surface area (Å²) in [7, 11) is 0. The Hall–Kier alpha value is -1.62. The molecule has 0 aromatic heterocycles. The van der Waals surface area contributed by atoms with E-state index < -0.39 is 4.92 Å². The summed E-state index contributed by atoms with van der Waals surface area (Å²) in [6.45, 7) is 6.22. The van der Waals surface area contributed by atoms with Gasteiger partial charge in [0.05, 0.1) is 4.92 Å². The zero-order valence-electron chi connectivity index (χ0n) is 12.6. The van der Waals surface area contributed by atoms with Gasteiger partial charge in [0.25, 0.3) is 11.6 Å². The van der Waals surface area contributed by atoms with Gasteiger partial charge in [-0.2, -0.15) is 0 Å². The van der Waals surface area contributed by atoms with Crippen LogP contribution in [0.15, 0.2) is 18.2 Å². The number of nitrogens with zero attached hydrogens (tertiary/aromatic N) is 1. The van der Waals surface area contributed by atoms with Gasteiger partial charge >= 0.3 is 0 Å². The van der Waals surface area contributed by atoms with Gasteiger partial charge in [-0.25, -0.2) is 0 Å². The molecule has 1 amide bonds. The molecule has 0 spiro atoms. The van der Waals surface area contributed by atoms with E-state index in [1.807, 2.05) is 13.8 Å². The molecule has 0 radical (unpaired) electrons. The summed E-state index contributed by atoms with van der Waals surface area (Å²) in [5.74, 6) is 0.254. The average Bonchev–Trinajstić information content (AvgIpc) is 2.48. The molecular weight excluding hydrogens is 292 g/mol. The van der Waals surface area contributed by atoms with E-state index in [1.165, 1.54) is 18.2 Å². The molecule has 1 rings (SSSR count). The van der Waals surface area contributed by atoms with E-state index in [1.54, 1.807) is 6.92 Å². The summed E-state index contributed by atoms with van der Waals surface area (Å²) < 4.78 is 0. The minimum Gasteiger partial charge on any atom is -0.351 e. The molecule has 0 atom stereocenters. The molecule has 1 N–H and O–H groups in total. The summed E-state index contributed by atoms with van der Waals surface area (Å²) in [5.41, 5.74) is 0.812. The molecule has 1 aromatic rings. The van der Waals surface area contributed by atoms with Crippen LogP contribution in [-0.2, 0) is 0 Å². The van der Waals surface area contributed by atoms with Gasteiger partial charge in [-0.05, 0) is 31.9 Å². The van der Waals surface area contributed by atoms with Gasteiger partial charge in [-0.15, -0.1) is 11.6 Å². The number of halogens is 1. The molecule has 0 aliphatic heterocycles. The van der Waals surface area contributed by atoms with Crippen LogP contribution in [0.2, 0.25) is 0 Å². The molecule has 0 heterocycles. The Bertz CT molecular complexity index is 519. The Balaban J connectivity index is 2.81. The number of benzene rings is 1. The summed E-state index contributed by atoms with van der Waals surface area (Å²) in [6.07, 6.45) is 1.76. The number of hydrogen-bond donors (Lipinski definition) is 1. The maximum Gasteiger partial charge on any atom is 0.272 e. The van der Waals surface area contributed by atoms with Crippen LogP contribution >= 0.6 is 11.6 Å². The van der Waals surface area contributed by atoms with Crippen LogP contribution in [0.5, 0.6) is 0 Å². The van der Waals surface area contributed by atoms with Crippen molar-refractivity contribution in [1.82, 2.24) is 5.32 Å². The van der Waals surface area contributed by atoms with Crippen LogP contribution in [0.3, 0.4) is 0 Å². The first-order valence-electron chi connectivity index (χ1n) is 6.98. The Kier molecular flexibility index (Phi) is 6.15. The second kappa shape index (κ2) is 7.41. The van der Waals surface area contributed by atoms with Gasteiger partial charge in [0.2, 0.25) is 0 Å². The molecule has 0 saturated carbocycles. The van der Waals surface area contributed by atoms with Crippen molar-refractivity contribution in [3.63, 3.8) is 0 Å². The maximum atomic E-state index is 12.1. The zero-order valence-corrected chi connectivity index (χ0v) is 13.4. The van der Waals surface area contributed by atoms with Crippen molar-refractivity contribution in [2.75, 3.05) is 12.4 Å². The third kappa shape index (κ3) is 4.17. The Morgan fingerprint density at radius 1 is 1.38 bits per heavy atom. The van der Waals surface area contributed by atoms with Crippen molar-refractivity contribution < 1.29 is 9.72 Å². The fourth-order valence-electron chi connectivity index (χ4n) is 2.11. The van der Waals surface area contributed by atoms with E-state index in [0.29, 0.717) is 23.6 Å². The van der Waals surface area contributed by atoms with E-state index in [-0.39, 0.29) is 17.0 Å². The van der Waals surface area contributed by atoms with E-state index in [4.69, 9.17) is 11.6 Å². The lowest BCUT2D eigenvalue weighted by Crippen LogP contribution is -2.38. The molecule has 0 aliphatic carbocycles. The number of rotatable bonds is 7. The summed E-state index contributed by atoms with van der Waals surface area (Å²) in [4.78, 5) is 22.5. The fraction of sp³-hybridized carbons (Fsp3) is 0.533. The number of hydrogen-bond acceptors (Lipinski definition) is 3. The Morgan fingerprint density at radius 2 is 2.00 bits per heavy atom. The topological polar surface area (TPSA) is 72.2 Å². The van der Waals surface area contributed by atoms with Crippen molar-refractivity contribution in [1.29, 1.82) is 0 Å². The first-order valence-corrected chi connectivity index (χ1v) is 7.51. The van der Waals surface area contributed by atoms with Gasteiger partial charge in [0, 0.05) is 35.0 Å². The summed E-state index contributed by atoms with van der Waals surface area (Å²) >= 11 is 6.01. The van der Waals surface area contributed by atoms with Gasteiger partial charge in [0.15, 0.2) is 0 Å². The maximum absolute atomic E-state index is 12.1. The second-order valence-electron chi connectivity index (χ2n) is 5.28. The van der Waals surface area contributed by atoms with Crippen LogP contribution in [0, 0.1) is 22.5 Å². The standard InChI is InChI=1S/C15H21ClN2O3/c1-4-15(5-2,9-16)10-17-14(19)12-6-7-13(18(20)21)11(3)8-12/h6-8H,4-5,9-10H2,1-3H3,(H,17,19). The van der Waals surface area contributed by atoms with Crippen LogP contribution in [-0.4, -0.2) is 23.3 Å². The van der Waals surface area contributed by atoms with Crippen LogP contribution in [0.1, 0.15) is 42.6 Å². The van der Waals surface area contributed by atoms with Crippen molar-refractivity contribution in [2.24, 2.45) is 5.41 Å². The SMILES string of the molecule is CCC(CC)(CCl)CNC(=O)c1ccc([N+](=O)[O-])c(C)c1. The molecule has 116 valence electrons. The van der Waals surface area contributed by atoms with Gasteiger partial charge < -0.3 is 5.32 Å². The summed E-state index contributed by atoms with van der Waals surface area (Å²) in [6, 6.07) is 4.37. The number of alkyl halides is 1. The van der Waals surface area contributed by atoms with Crippen molar-refractivity contribution >= 4 is 23.2 Å². The minimum atomic E-state index is -0.455. The number of nitro groups is 1. The third-order valence-corrected chi connectivity index (χ3v) is 4.63. The van der Waals surface area contributed by atoms with Crippen LogP contribution in [0.4, 0.5) is 5.69 Å². The number of amides is 1. The minimum absolute atomic E-state index is 0.0174. The monoisotopic (exact) mass is 312 g/mol. The molecule has 0 bridgehead atoms. The van der Waals surface area contributed by atoms with E-state index >= 15 is 0 Å². The third-order valence-electron chi connectivity index (χ3n) is 4.06. The lowest BCUT2D eigenvalue weighted by molar-refractivity contribution is -0.385. The van der Waals surface area contributed by atoms with E-state index in [0.717, 1.165) is 12.8 Å². The largest absolute Gasteiger partial charge is 0.351 e. The van der Waals surface area contributed by atoms with Crippen LogP contribution in [0.25, 0.3) is 0 Å². The van der Waals surface area contributed by atoms with Crippen LogP contribution < -0.4 is 5.32 Å². The molecule has 1 aromatic carbocycles. The Labute approximate surface area is 129 Å². The number of aryl methyl sites for hydroxylation is 1. The zero-order chi connectivity index (χ0) is 16.0. The molecule has 21 heavy (non-hydrogen) atoms. The van der Waals surface area contributed by atoms with Gasteiger partial charge in [0.1, 0.15) is 0 Å². The molecule has 5 nitrogen and oxygen atoms in total. The molecule has 0 aliphatic rings. The molecular formula is C15H21ClN2O3. The van der Waals surface area contributed by atoms with Crippen molar-refractivity contribution in [3.8, 4) is 0 Å². The fourth-order valence-corrected chi connectivity index (χ4v) is 2.58. The lowest BCUT2D eigenvalue weighted by atomic mass is 9.84. The number of nitrogens with one attached hydrogen (secondary N) is 1. The first kappa shape index (κ1) is 17.4. The first-order chi connectivity index (χ1) is 9.89. The van der Waals surface area contributed by atoms with E-state index in [9.17, 15) is 14.9 Å². The Morgan fingerprint density at radius 3 is 2.43 bits per heavy atom. The number of nitro benzene ring substituents is 1. The summed E-state index contributed by atoms with van der Waals surface area (Å²) in [5, 5.41) is 13.6. The normalized spacial score (nSPS) is 11.2. The number of carbonyl (C=O) groups excluding carboxylic acids is 1. The highest BCUT2D eigenvalue weighted by atomic mass is 35.5. The highest BCUT2D eigenvalue weighted by Crippen LogP contribution is 2.27. The predicted octanol–water partition coefficient (Wildman–Crippen LogP) is 3.68. The highest BCUT2D eigenvalue weighted by Gasteiger charge is 2.26. The van der Waals surface area contributed by atoms with Crippen molar-refractivity contribution in [2.45, 2.75) is 33.6 Å². The van der Waals surface area contributed by atoms with E-state index in [2.05, 4.69) is 5.32 Å². The smallest absolute Gasteiger partial charge is 0.272 e. The quantitative estimate of drug-likeness (QED) is 0.474. The van der Waals surface area contributed by atoms with Gasteiger partial charge in [-0.1, -0.05) is 13.8 Å². The predicted molar refractivity (Wildman–Crippen MR) is 83.9 cm³/mol. The average molecular weight is 313 g/mol. The van der Waals surface area contributed by atoms with Gasteiger partial charge in [-0.3, -0.25) is 14.9 Å². The molecule has 0 unspecified atom stereocenters. The second-order valence-corrected chi connectivity index (χ2v) is 5.55. The highest BCUT2D eigenvalue weighted by molar-refractivity contribution is 6.18. The lowest BCUT2D eigenvalue weighted by Gasteiger charge is -2.29.